The van der Waals surface area contributed by atoms with Gasteiger partial charge in [-0.25, -0.2) is 0 Å². The van der Waals surface area contributed by atoms with Crippen LogP contribution in [0.15, 0.2) is 11.6 Å². The summed E-state index contributed by atoms with van der Waals surface area (Å²) in [6.07, 6.45) is 8.43. The predicted molar refractivity (Wildman–Crippen MR) is 116 cm³/mol. The van der Waals surface area contributed by atoms with Crippen molar-refractivity contribution in [3.05, 3.63) is 11.6 Å². The number of piperidine rings is 1. The first kappa shape index (κ1) is 21.8. The molecule has 0 aromatic heterocycles. The number of hydrogen-bond donors (Lipinski definition) is 1. The van der Waals surface area contributed by atoms with Crippen molar-refractivity contribution in [1.82, 2.24) is 9.80 Å². The first-order chi connectivity index (χ1) is 14.0. The fraction of sp³-hybridized carbons (Fsp3) is 0.917. The van der Waals surface area contributed by atoms with Crippen molar-refractivity contribution in [3.63, 3.8) is 0 Å². The number of ether oxygens (including phenoxy) is 2. The van der Waals surface area contributed by atoms with Gasteiger partial charge in [-0.15, -0.1) is 0 Å². The molecule has 3 unspecified atom stereocenters. The van der Waals surface area contributed by atoms with Gasteiger partial charge in [0.2, 0.25) is 0 Å². The molecule has 2 aliphatic heterocycles. The molecular formula is C24H42N2O3. The summed E-state index contributed by atoms with van der Waals surface area (Å²) in [4.78, 5) is 4.97. The molecule has 2 bridgehead atoms. The van der Waals surface area contributed by atoms with E-state index in [1.165, 1.54) is 44.2 Å². The molecule has 3 aliphatic carbocycles. The van der Waals surface area contributed by atoms with Crippen LogP contribution < -0.4 is 0 Å². The summed E-state index contributed by atoms with van der Waals surface area (Å²) in [6.45, 7) is 14.2. The molecule has 2 heterocycles. The summed E-state index contributed by atoms with van der Waals surface area (Å²) >= 11 is 0. The molecule has 29 heavy (non-hydrogen) atoms. The molecule has 5 heteroatoms. The Morgan fingerprint density at radius 1 is 1.17 bits per heavy atom. The van der Waals surface area contributed by atoms with Crippen molar-refractivity contribution >= 4 is 0 Å². The molecule has 5 rings (SSSR count). The van der Waals surface area contributed by atoms with Crippen molar-refractivity contribution < 1.29 is 14.6 Å². The van der Waals surface area contributed by atoms with Gasteiger partial charge in [0.1, 0.15) is 0 Å². The first-order valence-corrected chi connectivity index (χ1v) is 12.0. The van der Waals surface area contributed by atoms with Crippen LogP contribution in [0.25, 0.3) is 0 Å². The third kappa shape index (κ3) is 5.43. The quantitative estimate of drug-likeness (QED) is 0.597. The zero-order chi connectivity index (χ0) is 20.3. The van der Waals surface area contributed by atoms with Crippen LogP contribution in [0.2, 0.25) is 0 Å². The minimum absolute atomic E-state index is 0.369. The minimum Gasteiger partial charge on any atom is -0.389 e. The molecule has 2 saturated heterocycles. The van der Waals surface area contributed by atoms with Gasteiger partial charge >= 0.3 is 0 Å². The van der Waals surface area contributed by atoms with Gasteiger partial charge in [0.05, 0.1) is 32.5 Å². The normalized spacial score (nSPS) is 31.9. The number of allylic oxidation sites excluding steroid dienone is 1. The highest BCUT2D eigenvalue weighted by Crippen LogP contribution is 2.59. The van der Waals surface area contributed by atoms with Gasteiger partial charge in [0.15, 0.2) is 0 Å². The number of hydrogen-bond acceptors (Lipinski definition) is 5. The van der Waals surface area contributed by atoms with Crippen molar-refractivity contribution in [2.24, 2.45) is 23.2 Å². The maximum atomic E-state index is 10.4. The zero-order valence-corrected chi connectivity index (χ0v) is 18.7. The molecule has 5 aliphatic rings. The Morgan fingerprint density at radius 2 is 1.93 bits per heavy atom. The van der Waals surface area contributed by atoms with Crippen molar-refractivity contribution in [2.45, 2.75) is 52.1 Å². The second-order valence-corrected chi connectivity index (χ2v) is 10.5. The van der Waals surface area contributed by atoms with Crippen molar-refractivity contribution in [2.75, 3.05) is 65.7 Å². The summed E-state index contributed by atoms with van der Waals surface area (Å²) < 4.78 is 11.4. The number of morpholine rings is 1. The van der Waals surface area contributed by atoms with E-state index < -0.39 is 0 Å². The summed E-state index contributed by atoms with van der Waals surface area (Å²) in [5.74, 6) is 2.42. The Balaban J connectivity index is 1.07. The van der Waals surface area contributed by atoms with Crippen LogP contribution in [0.1, 0.15) is 46.0 Å². The number of β-amino-alcohol motifs (C(OH)–C–C–N with tert-alkyl or cyclic N) is 1. The van der Waals surface area contributed by atoms with E-state index in [1.807, 2.05) is 0 Å². The first-order valence-electron chi connectivity index (χ1n) is 12.0. The van der Waals surface area contributed by atoms with E-state index in [0.29, 0.717) is 24.5 Å². The number of fused-ring (bicyclic) bond motifs is 1. The van der Waals surface area contributed by atoms with Gasteiger partial charge in [-0.2, -0.15) is 0 Å². The summed E-state index contributed by atoms with van der Waals surface area (Å²) in [5.41, 5.74) is 1.93. The fourth-order valence-corrected chi connectivity index (χ4v) is 5.95. The van der Waals surface area contributed by atoms with Gasteiger partial charge in [-0.05, 0) is 80.5 Å². The van der Waals surface area contributed by atoms with Gasteiger partial charge in [0.25, 0.3) is 0 Å². The molecule has 1 N–H and O–H groups in total. The Kier molecular flexibility index (Phi) is 7.34. The van der Waals surface area contributed by atoms with Gasteiger partial charge < -0.3 is 19.5 Å². The van der Waals surface area contributed by atoms with E-state index in [0.717, 1.165) is 57.8 Å². The highest BCUT2D eigenvalue weighted by molar-refractivity contribution is 5.23. The van der Waals surface area contributed by atoms with Crippen LogP contribution in [-0.4, -0.2) is 86.7 Å². The largest absolute Gasteiger partial charge is 0.389 e. The molecule has 1 saturated carbocycles. The molecule has 166 valence electrons. The Morgan fingerprint density at radius 3 is 2.62 bits per heavy atom. The summed E-state index contributed by atoms with van der Waals surface area (Å²) in [7, 11) is 0. The highest BCUT2D eigenvalue weighted by Gasteiger charge is 2.50. The fourth-order valence-electron chi connectivity index (χ4n) is 5.95. The number of rotatable bonds is 9. The molecule has 3 fully saturated rings. The number of likely N-dealkylation sites (tertiary alicyclic amines) is 1. The topological polar surface area (TPSA) is 45.2 Å². The Hall–Kier alpha value is -0.460. The number of nitrogens with zero attached hydrogens (tertiary/aromatic N) is 2. The Labute approximate surface area is 177 Å². The average Bonchev–Trinajstić information content (AvgIpc) is 2.74. The van der Waals surface area contributed by atoms with E-state index in [2.05, 4.69) is 29.7 Å². The summed E-state index contributed by atoms with van der Waals surface area (Å²) in [6, 6.07) is 0. The molecular weight excluding hydrogens is 364 g/mol. The zero-order valence-electron chi connectivity index (χ0n) is 18.7. The smallest absolute Gasteiger partial charge is 0.0900 e. The lowest BCUT2D eigenvalue weighted by atomic mass is 9.49. The van der Waals surface area contributed by atoms with Crippen molar-refractivity contribution in [1.29, 1.82) is 0 Å². The lowest BCUT2D eigenvalue weighted by Crippen LogP contribution is -2.48. The molecule has 3 atom stereocenters. The Bertz CT molecular complexity index is 550. The SMILES string of the molecule is CC1(C)C2CC=C(COCC(O)CN3CCC(CCN4CCOCC4)CC3)C1C2. The monoisotopic (exact) mass is 406 g/mol. The van der Waals surface area contributed by atoms with Crippen LogP contribution in [0, 0.1) is 23.2 Å². The van der Waals surface area contributed by atoms with Crippen LogP contribution in [0.3, 0.4) is 0 Å². The van der Waals surface area contributed by atoms with Crippen LogP contribution in [0.4, 0.5) is 0 Å². The van der Waals surface area contributed by atoms with Gasteiger partial charge in [-0.1, -0.05) is 19.9 Å². The summed E-state index contributed by atoms with van der Waals surface area (Å²) in [5, 5.41) is 10.4. The predicted octanol–water partition coefficient (Wildman–Crippen LogP) is 2.79. The molecule has 5 nitrogen and oxygen atoms in total. The molecule has 0 amide bonds. The average molecular weight is 407 g/mol. The minimum atomic E-state index is -0.369. The third-order valence-corrected chi connectivity index (χ3v) is 8.30. The third-order valence-electron chi connectivity index (χ3n) is 8.30. The van der Waals surface area contributed by atoms with E-state index in [9.17, 15) is 5.11 Å². The molecule has 0 spiro atoms. The van der Waals surface area contributed by atoms with Gasteiger partial charge in [-0.3, -0.25) is 4.90 Å². The maximum absolute atomic E-state index is 10.4. The van der Waals surface area contributed by atoms with Gasteiger partial charge in [0, 0.05) is 19.6 Å². The molecule has 0 aromatic rings. The number of aliphatic hydroxyl groups is 1. The van der Waals surface area contributed by atoms with E-state index in [-0.39, 0.29) is 6.10 Å². The second-order valence-electron chi connectivity index (χ2n) is 10.5. The molecule has 0 radical (unpaired) electrons. The van der Waals surface area contributed by atoms with Crippen LogP contribution in [-0.2, 0) is 9.47 Å². The second kappa shape index (κ2) is 9.78. The van der Waals surface area contributed by atoms with E-state index in [1.54, 1.807) is 0 Å². The maximum Gasteiger partial charge on any atom is 0.0900 e. The van der Waals surface area contributed by atoms with Crippen LogP contribution in [0.5, 0.6) is 0 Å². The lowest BCUT2D eigenvalue weighted by Gasteiger charge is -2.56. The number of aliphatic hydroxyl groups excluding tert-OH is 1. The van der Waals surface area contributed by atoms with E-state index in [4.69, 9.17) is 9.47 Å². The van der Waals surface area contributed by atoms with Crippen molar-refractivity contribution in [3.8, 4) is 0 Å². The standard InChI is InChI=1S/C24H42N2O3/c1-24(2)21-4-3-20(23(24)15-21)17-29-18-22(27)16-26-9-6-19(7-10-26)5-8-25-11-13-28-14-12-25/h3,19,21-23,27H,4-18H2,1-2H3. The lowest BCUT2D eigenvalue weighted by molar-refractivity contribution is -0.0271. The van der Waals surface area contributed by atoms with E-state index >= 15 is 0 Å². The van der Waals surface area contributed by atoms with Crippen LogP contribution >= 0.6 is 0 Å². The highest BCUT2D eigenvalue weighted by atomic mass is 16.5. The molecule has 0 aromatic carbocycles.